The van der Waals surface area contributed by atoms with Crippen molar-refractivity contribution < 1.29 is 0 Å². The van der Waals surface area contributed by atoms with E-state index in [0.717, 1.165) is 16.6 Å². The van der Waals surface area contributed by atoms with Gasteiger partial charge in [0.15, 0.2) is 0 Å². The molecule has 0 atom stereocenters. The highest BCUT2D eigenvalue weighted by molar-refractivity contribution is 7.16. The van der Waals surface area contributed by atoms with Crippen molar-refractivity contribution >= 4 is 21.6 Å². The number of hydrogen-bond acceptors (Lipinski definition) is 4. The van der Waals surface area contributed by atoms with Crippen molar-refractivity contribution in [1.29, 1.82) is 0 Å². The first kappa shape index (κ1) is 15.7. The second kappa shape index (κ2) is 5.93. The molecule has 2 aliphatic heterocycles. The molecule has 2 heterocycles. The molecule has 124 valence electrons. The summed E-state index contributed by atoms with van der Waals surface area (Å²) in [5, 5.41) is 0.408. The molecule has 4 nitrogen and oxygen atoms in total. The molecule has 0 aliphatic carbocycles. The maximum absolute atomic E-state index is 13.0. The Morgan fingerprint density at radius 2 is 1.72 bits per heavy atom. The highest BCUT2D eigenvalue weighted by Gasteiger charge is 2.14. The summed E-state index contributed by atoms with van der Waals surface area (Å²) in [6.07, 6.45) is 0.912. The van der Waals surface area contributed by atoms with E-state index < -0.39 is 0 Å². The van der Waals surface area contributed by atoms with Gasteiger partial charge < -0.3 is 0 Å². The molecule has 2 aromatic carbocycles. The van der Waals surface area contributed by atoms with E-state index >= 15 is 0 Å². The van der Waals surface area contributed by atoms with E-state index in [9.17, 15) is 9.59 Å². The average molecular weight is 348 g/mol. The molecule has 0 bridgehead atoms. The molecule has 25 heavy (non-hydrogen) atoms. The van der Waals surface area contributed by atoms with Crippen LogP contribution in [0.1, 0.15) is 18.2 Å². The maximum atomic E-state index is 13.0. The molecular formula is C20H16N2O2S. The van der Waals surface area contributed by atoms with Crippen LogP contribution in [-0.2, 0) is 6.42 Å². The van der Waals surface area contributed by atoms with Gasteiger partial charge in [0.25, 0.3) is 11.1 Å². The summed E-state index contributed by atoms with van der Waals surface area (Å²) in [6, 6.07) is 15.2. The van der Waals surface area contributed by atoms with Crippen molar-refractivity contribution in [3.8, 4) is 5.69 Å². The highest BCUT2D eigenvalue weighted by Crippen LogP contribution is 2.17. The lowest BCUT2D eigenvalue weighted by molar-refractivity contribution is 0.966. The fourth-order valence-electron chi connectivity index (χ4n) is 3.02. The molecule has 0 saturated carbocycles. The summed E-state index contributed by atoms with van der Waals surface area (Å²) >= 11 is 1.32. The van der Waals surface area contributed by atoms with Gasteiger partial charge in [-0.25, -0.2) is 4.57 Å². The number of hydrogen-bond donors (Lipinski definition) is 0. The van der Waals surface area contributed by atoms with Gasteiger partial charge in [0.05, 0.1) is 26.8 Å². The van der Waals surface area contributed by atoms with Crippen LogP contribution in [-0.4, -0.2) is 9.55 Å². The minimum atomic E-state index is -0.300. The zero-order valence-corrected chi connectivity index (χ0v) is 14.8. The Hall–Kier alpha value is -2.79. The quantitative estimate of drug-likeness (QED) is 0.558. The number of benzene rings is 2. The van der Waals surface area contributed by atoms with Crippen LogP contribution in [0.25, 0.3) is 15.9 Å². The van der Waals surface area contributed by atoms with Crippen LogP contribution in [0, 0.1) is 16.7 Å². The van der Waals surface area contributed by atoms with Gasteiger partial charge in [-0.1, -0.05) is 31.2 Å². The van der Waals surface area contributed by atoms with Crippen molar-refractivity contribution in [2.75, 3.05) is 0 Å². The predicted octanol–water partition coefficient (Wildman–Crippen LogP) is 3.40. The lowest BCUT2D eigenvalue weighted by Gasteiger charge is -2.02. The van der Waals surface area contributed by atoms with Crippen LogP contribution in [0.15, 0.2) is 58.1 Å². The topological polar surface area (TPSA) is 52.0 Å². The third-order valence-electron chi connectivity index (χ3n) is 4.37. The fourth-order valence-corrected chi connectivity index (χ4v) is 4.12. The molecule has 0 N–H and O–H groups in total. The molecule has 2 aliphatic rings. The summed E-state index contributed by atoms with van der Waals surface area (Å²) in [5.41, 5.74) is 2.56. The van der Waals surface area contributed by atoms with Gasteiger partial charge in [-0.3, -0.25) is 14.6 Å². The number of nitrogens with zero attached hydrogens (tertiary/aromatic N) is 2. The normalized spacial score (nSPS) is 11.3. The molecule has 0 radical (unpaired) electrons. The van der Waals surface area contributed by atoms with Gasteiger partial charge in [-0.05, 0) is 43.2 Å². The molecule has 4 rings (SSSR count). The largest absolute Gasteiger partial charge is 0.276 e. The third-order valence-corrected chi connectivity index (χ3v) is 5.52. The monoisotopic (exact) mass is 348 g/mol. The van der Waals surface area contributed by atoms with Gasteiger partial charge >= 0.3 is 0 Å². The molecule has 0 unspecified atom stereocenters. The van der Waals surface area contributed by atoms with Gasteiger partial charge in [0.1, 0.15) is 4.53 Å². The number of aryl methyl sites for hydroxylation is 2. The Labute approximate surface area is 147 Å². The lowest BCUT2D eigenvalue weighted by Crippen LogP contribution is -2.24. The average Bonchev–Trinajstić information content (AvgIpc) is 2.77. The zero-order valence-electron chi connectivity index (χ0n) is 13.9. The van der Waals surface area contributed by atoms with Crippen LogP contribution >= 0.6 is 11.3 Å². The van der Waals surface area contributed by atoms with Crippen LogP contribution < -0.4 is 11.1 Å². The van der Waals surface area contributed by atoms with Gasteiger partial charge in [-0.15, -0.1) is 11.3 Å². The summed E-state index contributed by atoms with van der Waals surface area (Å²) in [7, 11) is 0. The van der Waals surface area contributed by atoms with E-state index in [4.69, 9.17) is 0 Å². The molecule has 5 heteroatoms. The molecule has 0 amide bonds. The van der Waals surface area contributed by atoms with Gasteiger partial charge in [0.2, 0.25) is 0 Å². The lowest BCUT2D eigenvalue weighted by atomic mass is 10.1. The molecule has 2 aromatic rings. The smallest absolute Gasteiger partial charge is 0.268 e. The SMILES string of the molecule is CCc1ccc(-n2c(=O)c3sc4ccccc4nc(C)c=3c2=O)cc1. The number of aromatic nitrogens is 2. The Morgan fingerprint density at radius 1 is 1.00 bits per heavy atom. The predicted molar refractivity (Wildman–Crippen MR) is 101 cm³/mol. The number of para-hydroxylation sites is 1. The molecule has 0 spiro atoms. The van der Waals surface area contributed by atoms with Gasteiger partial charge in [-0.2, -0.15) is 0 Å². The Balaban J connectivity index is 2.12. The van der Waals surface area contributed by atoms with Gasteiger partial charge in [0, 0.05) is 0 Å². The molecule has 0 saturated heterocycles. The van der Waals surface area contributed by atoms with Crippen molar-refractivity contribution in [3.05, 3.63) is 90.2 Å². The Morgan fingerprint density at radius 3 is 2.44 bits per heavy atom. The Kier molecular flexibility index (Phi) is 3.73. The van der Waals surface area contributed by atoms with E-state index in [1.54, 1.807) is 6.92 Å². The van der Waals surface area contributed by atoms with E-state index in [0.29, 0.717) is 21.1 Å². The highest BCUT2D eigenvalue weighted by atomic mass is 32.1. The molecular weight excluding hydrogens is 332 g/mol. The van der Waals surface area contributed by atoms with Crippen LogP contribution in [0.4, 0.5) is 0 Å². The zero-order chi connectivity index (χ0) is 17.6. The number of rotatable bonds is 2. The molecule has 0 fully saturated rings. The van der Waals surface area contributed by atoms with Crippen LogP contribution in [0.3, 0.4) is 0 Å². The first-order valence-corrected chi connectivity index (χ1v) is 8.96. The Bertz CT molecular complexity index is 1270. The minimum absolute atomic E-state index is 0.277. The second-order valence-electron chi connectivity index (χ2n) is 5.94. The van der Waals surface area contributed by atoms with Crippen molar-refractivity contribution in [2.24, 2.45) is 0 Å². The molecule has 0 aromatic heterocycles. The maximum Gasteiger partial charge on any atom is 0.276 e. The van der Waals surface area contributed by atoms with Crippen LogP contribution in [0.5, 0.6) is 0 Å². The third kappa shape index (κ3) is 2.48. The first-order chi connectivity index (χ1) is 12.1. The minimum Gasteiger partial charge on any atom is -0.268 e. The van der Waals surface area contributed by atoms with Crippen molar-refractivity contribution in [3.63, 3.8) is 0 Å². The van der Waals surface area contributed by atoms with E-state index in [1.165, 1.54) is 21.5 Å². The van der Waals surface area contributed by atoms with Crippen LogP contribution in [0.2, 0.25) is 0 Å². The van der Waals surface area contributed by atoms with Crippen molar-refractivity contribution in [1.82, 2.24) is 9.55 Å². The summed E-state index contributed by atoms with van der Waals surface area (Å²) < 4.78 is 2.59. The summed E-state index contributed by atoms with van der Waals surface area (Å²) in [4.78, 5) is 30.5. The second-order valence-corrected chi connectivity index (χ2v) is 6.99. The standard InChI is InChI=1S/C20H16N2O2S/c1-3-13-8-10-14(11-9-13)22-19(23)17-12(2)21-15-6-4-5-7-16(15)25-18(17)20(22)24/h4-11H,3H2,1-2H3. The van der Waals surface area contributed by atoms with E-state index in [1.807, 2.05) is 48.5 Å². The first-order valence-electron chi connectivity index (χ1n) is 8.14. The van der Waals surface area contributed by atoms with E-state index in [-0.39, 0.29) is 11.1 Å². The summed E-state index contributed by atoms with van der Waals surface area (Å²) in [5.74, 6) is 0. The summed E-state index contributed by atoms with van der Waals surface area (Å²) in [6.45, 7) is 3.85. The number of fused-ring (bicyclic) bond motifs is 1. The van der Waals surface area contributed by atoms with E-state index in [2.05, 4.69) is 11.9 Å². The van der Waals surface area contributed by atoms with Crippen molar-refractivity contribution in [2.45, 2.75) is 20.3 Å². The fraction of sp³-hybridized carbons (Fsp3) is 0.150.